The number of nitrogens with one attached hydrogen (secondary N) is 1. The fraction of sp³-hybridized carbons (Fsp3) is 0.471. The highest BCUT2D eigenvalue weighted by Crippen LogP contribution is 2.25. The fourth-order valence-electron chi connectivity index (χ4n) is 3.66. The molecule has 2 aliphatic rings. The largest absolute Gasteiger partial charge is 0.312 e. The second-order valence-electron chi connectivity index (χ2n) is 6.24. The number of likely N-dealkylation sites (tertiary alicyclic amines) is 1. The molecule has 0 spiro atoms. The van der Waals surface area contributed by atoms with E-state index in [9.17, 15) is 0 Å². The molecule has 0 unspecified atom stereocenters. The van der Waals surface area contributed by atoms with Crippen LogP contribution in [0.5, 0.6) is 0 Å². The molecule has 0 aliphatic carbocycles. The van der Waals surface area contributed by atoms with Crippen LogP contribution in [0.3, 0.4) is 0 Å². The van der Waals surface area contributed by atoms with Gasteiger partial charge < -0.3 is 5.32 Å². The van der Waals surface area contributed by atoms with E-state index in [4.69, 9.17) is 5.10 Å². The summed E-state index contributed by atoms with van der Waals surface area (Å²) in [5.74, 6) is 0.843. The van der Waals surface area contributed by atoms with Gasteiger partial charge in [0.05, 0.1) is 11.4 Å². The van der Waals surface area contributed by atoms with Gasteiger partial charge in [-0.05, 0) is 43.5 Å². The summed E-state index contributed by atoms with van der Waals surface area (Å²) in [6.07, 6.45) is 4.77. The molecule has 0 saturated carbocycles. The zero-order chi connectivity index (χ0) is 14.1. The van der Waals surface area contributed by atoms with E-state index in [-0.39, 0.29) is 0 Å². The lowest BCUT2D eigenvalue weighted by Gasteiger charge is -2.24. The number of rotatable bonds is 3. The summed E-state index contributed by atoms with van der Waals surface area (Å²) >= 11 is 0. The van der Waals surface area contributed by atoms with Crippen molar-refractivity contribution in [3.8, 4) is 5.69 Å². The Balaban J connectivity index is 1.43. The van der Waals surface area contributed by atoms with Crippen molar-refractivity contribution in [3.05, 3.63) is 48.3 Å². The number of benzene rings is 1. The van der Waals surface area contributed by atoms with Gasteiger partial charge in [-0.15, -0.1) is 0 Å². The van der Waals surface area contributed by atoms with Gasteiger partial charge in [0.25, 0.3) is 0 Å². The van der Waals surface area contributed by atoms with Crippen LogP contribution in [0.1, 0.15) is 18.5 Å². The smallest absolute Gasteiger partial charge is 0.0769 e. The zero-order valence-corrected chi connectivity index (χ0v) is 12.3. The molecule has 0 radical (unpaired) electrons. The number of aromatic nitrogens is 2. The second kappa shape index (κ2) is 5.62. The molecule has 2 atom stereocenters. The predicted octanol–water partition coefficient (Wildman–Crippen LogP) is 2.06. The summed E-state index contributed by atoms with van der Waals surface area (Å²) in [6.45, 7) is 4.55. The van der Waals surface area contributed by atoms with E-state index in [0.29, 0.717) is 6.04 Å². The summed E-state index contributed by atoms with van der Waals surface area (Å²) < 4.78 is 1.97. The molecule has 4 nitrogen and oxygen atoms in total. The topological polar surface area (TPSA) is 33.1 Å². The number of hydrogen-bond donors (Lipinski definition) is 1. The average Bonchev–Trinajstić information content (AvgIpc) is 3.14. The van der Waals surface area contributed by atoms with Gasteiger partial charge in [-0.2, -0.15) is 5.10 Å². The van der Waals surface area contributed by atoms with Gasteiger partial charge in [0.15, 0.2) is 0 Å². The van der Waals surface area contributed by atoms with E-state index in [1.807, 2.05) is 22.9 Å². The molecule has 1 N–H and O–H groups in total. The summed E-state index contributed by atoms with van der Waals surface area (Å²) in [7, 11) is 0. The van der Waals surface area contributed by atoms with Gasteiger partial charge in [-0.1, -0.05) is 18.2 Å². The lowest BCUT2D eigenvalue weighted by Crippen LogP contribution is -2.40. The molecule has 2 aliphatic heterocycles. The van der Waals surface area contributed by atoms with Crippen LogP contribution in [0.2, 0.25) is 0 Å². The van der Waals surface area contributed by atoms with Gasteiger partial charge in [0.1, 0.15) is 0 Å². The highest BCUT2D eigenvalue weighted by molar-refractivity contribution is 5.30. The van der Waals surface area contributed by atoms with Crippen LogP contribution in [0.25, 0.3) is 5.69 Å². The van der Waals surface area contributed by atoms with Gasteiger partial charge in [-0.3, -0.25) is 4.90 Å². The zero-order valence-electron chi connectivity index (χ0n) is 12.3. The van der Waals surface area contributed by atoms with Crippen LogP contribution in [-0.4, -0.2) is 40.4 Å². The van der Waals surface area contributed by atoms with E-state index in [1.165, 1.54) is 32.5 Å². The first kappa shape index (κ1) is 13.0. The maximum atomic E-state index is 4.72. The third kappa shape index (κ3) is 2.74. The SMILES string of the molecule is c1ccc(-n2ccc(CN3C[C@@H]4CCCN[C@@H]4C3)n2)cc1. The number of fused-ring (bicyclic) bond motifs is 1. The van der Waals surface area contributed by atoms with Crippen LogP contribution < -0.4 is 5.32 Å². The van der Waals surface area contributed by atoms with E-state index in [1.54, 1.807) is 0 Å². The fourth-order valence-corrected chi connectivity index (χ4v) is 3.66. The molecule has 4 heteroatoms. The van der Waals surface area contributed by atoms with Crippen LogP contribution in [0, 0.1) is 5.92 Å². The first-order valence-electron chi connectivity index (χ1n) is 7.94. The molecule has 1 aromatic carbocycles. The van der Waals surface area contributed by atoms with Crippen molar-refractivity contribution >= 4 is 0 Å². The Kier molecular flexibility index (Phi) is 3.49. The highest BCUT2D eigenvalue weighted by atomic mass is 15.3. The average molecular weight is 282 g/mol. The lowest BCUT2D eigenvalue weighted by atomic mass is 9.94. The van der Waals surface area contributed by atoms with Crippen LogP contribution in [0.4, 0.5) is 0 Å². The second-order valence-corrected chi connectivity index (χ2v) is 6.24. The minimum absolute atomic E-state index is 0.704. The van der Waals surface area contributed by atoms with Crippen LogP contribution >= 0.6 is 0 Å². The van der Waals surface area contributed by atoms with Crippen molar-refractivity contribution < 1.29 is 0 Å². The van der Waals surface area contributed by atoms with Gasteiger partial charge in [-0.25, -0.2) is 4.68 Å². The third-order valence-corrected chi connectivity index (χ3v) is 4.73. The monoisotopic (exact) mass is 282 g/mol. The highest BCUT2D eigenvalue weighted by Gasteiger charge is 2.34. The van der Waals surface area contributed by atoms with Crippen molar-refractivity contribution in [1.29, 1.82) is 0 Å². The minimum Gasteiger partial charge on any atom is -0.312 e. The maximum absolute atomic E-state index is 4.72. The quantitative estimate of drug-likeness (QED) is 0.935. The van der Waals surface area contributed by atoms with E-state index in [2.05, 4.69) is 34.6 Å². The Bertz CT molecular complexity index is 578. The molecular weight excluding hydrogens is 260 g/mol. The van der Waals surface area contributed by atoms with Gasteiger partial charge >= 0.3 is 0 Å². The molecule has 2 aromatic rings. The Morgan fingerprint density at radius 3 is 2.90 bits per heavy atom. The molecule has 2 fully saturated rings. The van der Waals surface area contributed by atoms with Crippen molar-refractivity contribution in [2.45, 2.75) is 25.4 Å². The van der Waals surface area contributed by atoms with Gasteiger partial charge in [0, 0.05) is 31.9 Å². The Morgan fingerprint density at radius 1 is 1.14 bits per heavy atom. The normalized spacial score (nSPS) is 25.9. The molecule has 4 rings (SSSR count). The summed E-state index contributed by atoms with van der Waals surface area (Å²) in [5, 5.41) is 8.38. The van der Waals surface area contributed by atoms with Crippen molar-refractivity contribution in [2.24, 2.45) is 5.92 Å². The summed E-state index contributed by atoms with van der Waals surface area (Å²) in [4.78, 5) is 2.55. The molecular formula is C17H22N4. The number of nitrogens with zero attached hydrogens (tertiary/aromatic N) is 3. The maximum Gasteiger partial charge on any atom is 0.0769 e. The van der Waals surface area contributed by atoms with E-state index in [0.717, 1.165) is 23.8 Å². The molecule has 3 heterocycles. The molecule has 1 aromatic heterocycles. The summed E-state index contributed by atoms with van der Waals surface area (Å²) in [5.41, 5.74) is 2.29. The Morgan fingerprint density at radius 2 is 2.05 bits per heavy atom. The lowest BCUT2D eigenvalue weighted by molar-refractivity contribution is 0.308. The minimum atomic E-state index is 0.704. The van der Waals surface area contributed by atoms with Crippen molar-refractivity contribution in [3.63, 3.8) is 0 Å². The number of piperidine rings is 1. The predicted molar refractivity (Wildman–Crippen MR) is 83.4 cm³/mol. The summed E-state index contributed by atoms with van der Waals surface area (Å²) in [6, 6.07) is 13.2. The number of hydrogen-bond acceptors (Lipinski definition) is 3. The first-order chi connectivity index (χ1) is 10.4. The number of para-hydroxylation sites is 1. The first-order valence-corrected chi connectivity index (χ1v) is 7.94. The van der Waals surface area contributed by atoms with Gasteiger partial charge in [0.2, 0.25) is 0 Å². The molecule has 2 saturated heterocycles. The van der Waals surface area contributed by atoms with Crippen molar-refractivity contribution in [2.75, 3.05) is 19.6 Å². The van der Waals surface area contributed by atoms with Crippen LogP contribution in [0.15, 0.2) is 42.6 Å². The third-order valence-electron chi connectivity index (χ3n) is 4.73. The van der Waals surface area contributed by atoms with Crippen molar-refractivity contribution in [1.82, 2.24) is 20.0 Å². The molecule has 0 bridgehead atoms. The Labute approximate surface area is 125 Å². The standard InChI is InChI=1S/C17H22N4/c1-2-6-16(7-3-1)21-10-8-15(19-21)12-20-11-14-5-4-9-18-17(14)13-20/h1-3,6-8,10,14,17-18H,4-5,9,11-13H2/t14-,17+/m0/s1. The van der Waals surface area contributed by atoms with Crippen LogP contribution in [-0.2, 0) is 6.54 Å². The molecule has 0 amide bonds. The van der Waals surface area contributed by atoms with E-state index >= 15 is 0 Å². The molecule has 21 heavy (non-hydrogen) atoms. The van der Waals surface area contributed by atoms with E-state index < -0.39 is 0 Å². The Hall–Kier alpha value is -1.65. The molecule has 110 valence electrons.